The van der Waals surface area contributed by atoms with Crippen LogP contribution in [0.5, 0.6) is 5.75 Å². The van der Waals surface area contributed by atoms with Gasteiger partial charge in [-0.3, -0.25) is 0 Å². The van der Waals surface area contributed by atoms with E-state index in [0.717, 1.165) is 22.3 Å². The number of aliphatic hydroxyl groups excluding tert-OH is 3. The van der Waals surface area contributed by atoms with Crippen molar-refractivity contribution in [1.29, 1.82) is 0 Å². The summed E-state index contributed by atoms with van der Waals surface area (Å²) in [5, 5.41) is 32.8. The molecule has 1 unspecified atom stereocenters. The molecule has 0 amide bonds. The molecule has 8 heteroatoms. The lowest BCUT2D eigenvalue weighted by molar-refractivity contribution is -0.0761. The van der Waals surface area contributed by atoms with Crippen molar-refractivity contribution in [3.8, 4) is 5.75 Å². The molecule has 0 heterocycles. The van der Waals surface area contributed by atoms with Crippen LogP contribution in [0.1, 0.15) is 138 Å². The average Bonchev–Trinajstić information content (AvgIpc) is 2.93. The molecule has 8 nitrogen and oxygen atoms in total. The second kappa shape index (κ2) is 13.4. The number of esters is 2. The summed E-state index contributed by atoms with van der Waals surface area (Å²) in [5.74, 6) is -0.478. The Kier molecular flexibility index (Phi) is 11.4. The van der Waals surface area contributed by atoms with Crippen molar-refractivity contribution in [2.24, 2.45) is 5.41 Å². The summed E-state index contributed by atoms with van der Waals surface area (Å²) in [5.41, 5.74) is 0.706. The molecule has 252 valence electrons. The molecule has 1 atom stereocenters. The van der Waals surface area contributed by atoms with Gasteiger partial charge in [0.2, 0.25) is 0 Å². The Labute approximate surface area is 270 Å². The molecule has 0 aliphatic rings. The molecule has 0 saturated carbocycles. The molecular weight excluding hydrogens is 572 g/mol. The minimum atomic E-state index is -1.54. The molecular formula is C37H56O8. The zero-order valence-electron chi connectivity index (χ0n) is 29.9. The number of rotatable bonds is 9. The van der Waals surface area contributed by atoms with Crippen molar-refractivity contribution in [2.75, 3.05) is 34.0 Å². The summed E-state index contributed by atoms with van der Waals surface area (Å²) in [6, 6.07) is 7.09. The fraction of sp³-hybridized carbons (Fsp3) is 0.622. The van der Waals surface area contributed by atoms with E-state index in [1.165, 1.54) is 14.2 Å². The first-order valence-corrected chi connectivity index (χ1v) is 15.5. The smallest absolute Gasteiger partial charge is 0.337 e. The highest BCUT2D eigenvalue weighted by Gasteiger charge is 2.46. The van der Waals surface area contributed by atoms with E-state index in [2.05, 4.69) is 0 Å². The van der Waals surface area contributed by atoms with Gasteiger partial charge in [0.1, 0.15) is 11.9 Å². The van der Waals surface area contributed by atoms with E-state index < -0.39 is 64.9 Å². The van der Waals surface area contributed by atoms with Crippen LogP contribution in [-0.2, 0) is 31.1 Å². The van der Waals surface area contributed by atoms with Gasteiger partial charge in [-0.1, -0.05) is 83.1 Å². The van der Waals surface area contributed by atoms with Crippen LogP contribution in [-0.4, -0.2) is 61.3 Å². The Hall–Kier alpha value is -2.94. The van der Waals surface area contributed by atoms with Gasteiger partial charge in [0, 0.05) is 16.7 Å². The Morgan fingerprint density at radius 3 is 1.11 bits per heavy atom. The van der Waals surface area contributed by atoms with Crippen LogP contribution in [0.15, 0.2) is 24.3 Å². The van der Waals surface area contributed by atoms with Crippen LogP contribution < -0.4 is 4.74 Å². The van der Waals surface area contributed by atoms with Crippen molar-refractivity contribution in [2.45, 2.75) is 111 Å². The molecule has 0 radical (unpaired) electrons. The van der Waals surface area contributed by atoms with Crippen LogP contribution in [0.25, 0.3) is 0 Å². The van der Waals surface area contributed by atoms with E-state index in [0.29, 0.717) is 22.4 Å². The number of benzene rings is 2. The molecule has 2 rings (SSSR count). The molecule has 0 aromatic heterocycles. The van der Waals surface area contributed by atoms with Crippen LogP contribution in [0.3, 0.4) is 0 Å². The van der Waals surface area contributed by atoms with Crippen LogP contribution in [0, 0.1) is 5.41 Å². The Morgan fingerprint density at radius 2 is 0.867 bits per heavy atom. The molecule has 0 saturated heterocycles. The zero-order chi connectivity index (χ0) is 34.9. The number of aliphatic hydroxyl groups is 3. The molecule has 0 fully saturated rings. The minimum absolute atomic E-state index is 0.366. The first-order chi connectivity index (χ1) is 20.4. The standard InChI is InChI=1S/C37H56O8/c1-33(2,3)24-15-22(31(41)43-13)16-25(34(4,5)6)28(24)30(37(19-38,20-39)21-40)45-29-26(35(7,8)9)17-23(32(42)44-14)18-27(29)36(10,11)12/h15-18,30,38-40H,19-21H2,1-14H3. The predicted molar refractivity (Wildman–Crippen MR) is 177 cm³/mol. The maximum Gasteiger partial charge on any atom is 0.337 e. The second-order valence-electron chi connectivity index (χ2n) is 16.2. The van der Waals surface area contributed by atoms with E-state index in [1.807, 2.05) is 83.1 Å². The van der Waals surface area contributed by atoms with Crippen molar-refractivity contribution >= 4 is 11.9 Å². The molecule has 3 N–H and O–H groups in total. The summed E-state index contributed by atoms with van der Waals surface area (Å²) in [7, 11) is 2.68. The summed E-state index contributed by atoms with van der Waals surface area (Å²) >= 11 is 0. The van der Waals surface area contributed by atoms with Crippen LogP contribution >= 0.6 is 0 Å². The minimum Gasteiger partial charge on any atom is -0.484 e. The first kappa shape index (κ1) is 38.2. The lowest BCUT2D eigenvalue weighted by Gasteiger charge is -2.43. The third-order valence-electron chi connectivity index (χ3n) is 8.34. The quantitative estimate of drug-likeness (QED) is 0.268. The number of methoxy groups -OCH3 is 2. The third-order valence-corrected chi connectivity index (χ3v) is 8.34. The third kappa shape index (κ3) is 8.08. The molecule has 0 spiro atoms. The molecule has 0 aliphatic heterocycles. The monoisotopic (exact) mass is 628 g/mol. The molecule has 2 aromatic rings. The van der Waals surface area contributed by atoms with Gasteiger partial charge in [0.25, 0.3) is 0 Å². The maximum atomic E-state index is 12.9. The van der Waals surface area contributed by atoms with E-state index in [1.54, 1.807) is 24.3 Å². The first-order valence-electron chi connectivity index (χ1n) is 15.5. The largest absolute Gasteiger partial charge is 0.484 e. The Morgan fingerprint density at radius 1 is 0.578 bits per heavy atom. The highest BCUT2D eigenvalue weighted by molar-refractivity contribution is 5.91. The summed E-state index contributed by atoms with van der Waals surface area (Å²) in [6.07, 6.45) is -1.08. The highest BCUT2D eigenvalue weighted by atomic mass is 16.5. The Balaban J connectivity index is 3.31. The van der Waals surface area contributed by atoms with Gasteiger partial charge < -0.3 is 29.5 Å². The SMILES string of the molecule is COC(=O)c1cc(C(C)(C)C)c(OC(c2c(C(C)(C)C)cc(C(=O)OC)cc2C(C)(C)C)C(CO)(CO)CO)c(C(C)(C)C)c1. The van der Waals surface area contributed by atoms with E-state index >= 15 is 0 Å². The van der Waals surface area contributed by atoms with E-state index in [4.69, 9.17) is 14.2 Å². The maximum absolute atomic E-state index is 12.9. The number of carbonyl (C=O) groups excluding carboxylic acids is 2. The van der Waals surface area contributed by atoms with Crippen molar-refractivity contribution in [3.05, 3.63) is 63.2 Å². The second-order valence-corrected chi connectivity index (χ2v) is 16.2. The molecule has 0 bridgehead atoms. The average molecular weight is 629 g/mol. The molecule has 2 aromatic carbocycles. The Bertz CT molecular complexity index is 1290. The van der Waals surface area contributed by atoms with E-state index in [9.17, 15) is 24.9 Å². The lowest BCUT2D eigenvalue weighted by atomic mass is 9.68. The van der Waals surface area contributed by atoms with Gasteiger partial charge in [-0.05, 0) is 57.1 Å². The van der Waals surface area contributed by atoms with Crippen molar-refractivity contribution in [3.63, 3.8) is 0 Å². The van der Waals surface area contributed by atoms with Gasteiger partial charge in [-0.2, -0.15) is 0 Å². The van der Waals surface area contributed by atoms with Gasteiger partial charge in [-0.25, -0.2) is 9.59 Å². The molecule has 0 aliphatic carbocycles. The fourth-order valence-corrected chi connectivity index (χ4v) is 5.52. The summed E-state index contributed by atoms with van der Waals surface area (Å²) < 4.78 is 17.4. The fourth-order valence-electron chi connectivity index (χ4n) is 5.52. The number of hydrogen-bond acceptors (Lipinski definition) is 8. The summed E-state index contributed by atoms with van der Waals surface area (Å²) in [6.45, 7) is 22.4. The van der Waals surface area contributed by atoms with Gasteiger partial charge in [-0.15, -0.1) is 0 Å². The topological polar surface area (TPSA) is 123 Å². The zero-order valence-corrected chi connectivity index (χ0v) is 29.9. The van der Waals surface area contributed by atoms with Gasteiger partial charge in [0.05, 0.1) is 50.6 Å². The van der Waals surface area contributed by atoms with Gasteiger partial charge in [0.15, 0.2) is 0 Å². The van der Waals surface area contributed by atoms with Crippen molar-refractivity contribution in [1.82, 2.24) is 0 Å². The lowest BCUT2D eigenvalue weighted by Crippen LogP contribution is -2.45. The predicted octanol–water partition coefficient (Wildman–Crippen LogP) is 6.53. The van der Waals surface area contributed by atoms with Gasteiger partial charge >= 0.3 is 11.9 Å². The van der Waals surface area contributed by atoms with Crippen LogP contribution in [0.4, 0.5) is 0 Å². The number of hydrogen-bond donors (Lipinski definition) is 3. The number of ether oxygens (including phenoxy) is 3. The molecule has 45 heavy (non-hydrogen) atoms. The normalized spacial score (nSPS) is 13.8. The van der Waals surface area contributed by atoms with Crippen LogP contribution in [0.2, 0.25) is 0 Å². The van der Waals surface area contributed by atoms with E-state index in [-0.39, 0.29) is 0 Å². The highest BCUT2D eigenvalue weighted by Crippen LogP contribution is 2.50. The number of carbonyl (C=O) groups is 2. The summed E-state index contributed by atoms with van der Waals surface area (Å²) in [4.78, 5) is 25.8. The van der Waals surface area contributed by atoms with Crippen molar-refractivity contribution < 1.29 is 39.1 Å².